The molecule has 2 heterocycles. The molecule has 7 heteroatoms. The second kappa shape index (κ2) is 9.43. The van der Waals surface area contributed by atoms with Gasteiger partial charge in [-0.15, -0.1) is 0 Å². The standard InChI is InChI=1S/C25H24N4O3/c1-18(14-15-19-9-4-2-5-10-19)27-22(30)17-28-24(31)21-13-8-16-26-23(21)29(25(28)32)20-11-6-3-7-12-20/h2-13,16,18H,14-15,17H2,1H3,(H,27,30). The summed E-state index contributed by atoms with van der Waals surface area (Å²) in [6.07, 6.45) is 3.11. The fraction of sp³-hybridized carbons (Fsp3) is 0.200. The Morgan fingerprint density at radius 1 is 0.969 bits per heavy atom. The number of nitrogens with one attached hydrogen (secondary N) is 1. The molecule has 0 spiro atoms. The van der Waals surface area contributed by atoms with Gasteiger partial charge in [-0.25, -0.2) is 18.9 Å². The highest BCUT2D eigenvalue weighted by Crippen LogP contribution is 2.11. The molecule has 162 valence electrons. The molecule has 0 bridgehead atoms. The fourth-order valence-corrected chi connectivity index (χ4v) is 3.70. The van der Waals surface area contributed by atoms with E-state index in [-0.39, 0.29) is 29.5 Å². The van der Waals surface area contributed by atoms with Crippen LogP contribution < -0.4 is 16.6 Å². The number of rotatable bonds is 7. The van der Waals surface area contributed by atoms with Crippen molar-refractivity contribution in [3.63, 3.8) is 0 Å². The molecule has 0 saturated carbocycles. The van der Waals surface area contributed by atoms with Crippen LogP contribution in [0.4, 0.5) is 0 Å². The van der Waals surface area contributed by atoms with Gasteiger partial charge in [0.15, 0.2) is 5.65 Å². The van der Waals surface area contributed by atoms with Crippen LogP contribution in [0.5, 0.6) is 0 Å². The molecular formula is C25H24N4O3. The van der Waals surface area contributed by atoms with Gasteiger partial charge in [0, 0.05) is 12.2 Å². The van der Waals surface area contributed by atoms with Gasteiger partial charge >= 0.3 is 5.69 Å². The number of aromatic nitrogens is 3. The lowest BCUT2D eigenvalue weighted by atomic mass is 10.1. The van der Waals surface area contributed by atoms with Gasteiger partial charge in [-0.3, -0.25) is 9.59 Å². The van der Waals surface area contributed by atoms with E-state index in [4.69, 9.17) is 0 Å². The quantitative estimate of drug-likeness (QED) is 0.490. The van der Waals surface area contributed by atoms with Crippen LogP contribution in [0, 0.1) is 0 Å². The number of benzene rings is 2. The lowest BCUT2D eigenvalue weighted by molar-refractivity contribution is -0.122. The van der Waals surface area contributed by atoms with E-state index in [2.05, 4.69) is 10.3 Å². The van der Waals surface area contributed by atoms with Crippen molar-refractivity contribution >= 4 is 16.9 Å². The van der Waals surface area contributed by atoms with Crippen molar-refractivity contribution in [2.45, 2.75) is 32.4 Å². The molecule has 0 aliphatic rings. The number of carbonyl (C=O) groups is 1. The van der Waals surface area contributed by atoms with Crippen LogP contribution in [0.2, 0.25) is 0 Å². The van der Waals surface area contributed by atoms with Crippen molar-refractivity contribution in [3.8, 4) is 5.69 Å². The maximum Gasteiger partial charge on any atom is 0.337 e. The molecule has 1 unspecified atom stereocenters. The number of nitrogens with zero attached hydrogens (tertiary/aromatic N) is 3. The zero-order chi connectivity index (χ0) is 22.5. The summed E-state index contributed by atoms with van der Waals surface area (Å²) in [6, 6.07) is 22.1. The van der Waals surface area contributed by atoms with Crippen LogP contribution >= 0.6 is 0 Å². The first kappa shape index (κ1) is 21.2. The third-order valence-corrected chi connectivity index (χ3v) is 5.33. The molecule has 0 fully saturated rings. The van der Waals surface area contributed by atoms with E-state index in [0.29, 0.717) is 5.69 Å². The van der Waals surface area contributed by atoms with Gasteiger partial charge in [-0.05, 0) is 49.6 Å². The minimum atomic E-state index is -0.598. The van der Waals surface area contributed by atoms with E-state index in [1.54, 1.807) is 36.4 Å². The topological polar surface area (TPSA) is 86.0 Å². The Kier molecular flexibility index (Phi) is 6.26. The van der Waals surface area contributed by atoms with Gasteiger partial charge in [0.2, 0.25) is 5.91 Å². The lowest BCUT2D eigenvalue weighted by Crippen LogP contribution is -2.45. The van der Waals surface area contributed by atoms with E-state index in [1.807, 2.05) is 43.3 Å². The zero-order valence-corrected chi connectivity index (χ0v) is 17.8. The van der Waals surface area contributed by atoms with Crippen molar-refractivity contribution < 1.29 is 4.79 Å². The first-order valence-corrected chi connectivity index (χ1v) is 10.5. The molecular weight excluding hydrogens is 404 g/mol. The first-order valence-electron chi connectivity index (χ1n) is 10.5. The summed E-state index contributed by atoms with van der Waals surface area (Å²) < 4.78 is 2.33. The monoisotopic (exact) mass is 428 g/mol. The molecule has 0 aliphatic heterocycles. The summed E-state index contributed by atoms with van der Waals surface area (Å²) >= 11 is 0. The molecule has 0 aliphatic carbocycles. The Morgan fingerprint density at radius 3 is 2.38 bits per heavy atom. The Morgan fingerprint density at radius 2 is 1.66 bits per heavy atom. The van der Waals surface area contributed by atoms with Crippen molar-refractivity contribution in [1.82, 2.24) is 19.4 Å². The van der Waals surface area contributed by atoms with Gasteiger partial charge in [-0.1, -0.05) is 48.5 Å². The second-order valence-electron chi connectivity index (χ2n) is 7.71. The molecule has 1 atom stereocenters. The number of hydrogen-bond donors (Lipinski definition) is 1. The number of amides is 1. The van der Waals surface area contributed by atoms with E-state index < -0.39 is 11.2 Å². The third kappa shape index (κ3) is 4.51. The molecule has 4 rings (SSSR count). The first-order chi connectivity index (χ1) is 15.5. The van der Waals surface area contributed by atoms with Gasteiger partial charge in [0.05, 0.1) is 11.1 Å². The highest BCUT2D eigenvalue weighted by atomic mass is 16.2. The smallest absolute Gasteiger partial charge is 0.337 e. The molecule has 2 aromatic heterocycles. The van der Waals surface area contributed by atoms with Crippen LogP contribution in [0.1, 0.15) is 18.9 Å². The molecule has 32 heavy (non-hydrogen) atoms. The summed E-state index contributed by atoms with van der Waals surface area (Å²) in [4.78, 5) is 43.2. The predicted molar refractivity (Wildman–Crippen MR) is 124 cm³/mol. The number of fused-ring (bicyclic) bond motifs is 1. The molecule has 0 radical (unpaired) electrons. The molecule has 0 saturated heterocycles. The van der Waals surface area contributed by atoms with Crippen LogP contribution in [0.3, 0.4) is 0 Å². The number of pyridine rings is 1. The Balaban J connectivity index is 1.60. The SMILES string of the molecule is CC(CCc1ccccc1)NC(=O)Cn1c(=O)c2cccnc2n(-c2ccccc2)c1=O. The van der Waals surface area contributed by atoms with E-state index in [0.717, 1.165) is 17.4 Å². The predicted octanol–water partition coefficient (Wildman–Crippen LogP) is 2.68. The van der Waals surface area contributed by atoms with Crippen molar-refractivity contribution in [2.75, 3.05) is 0 Å². The van der Waals surface area contributed by atoms with Crippen LogP contribution in [-0.4, -0.2) is 26.1 Å². The summed E-state index contributed by atoms with van der Waals surface area (Å²) in [5.41, 5.74) is 0.905. The Hall–Kier alpha value is -4.00. The Bertz CT molecular complexity index is 1340. The van der Waals surface area contributed by atoms with Crippen molar-refractivity contribution in [3.05, 3.63) is 105 Å². The molecule has 2 aromatic carbocycles. The summed E-state index contributed by atoms with van der Waals surface area (Å²) in [5, 5.41) is 3.18. The average molecular weight is 428 g/mol. The summed E-state index contributed by atoms with van der Waals surface area (Å²) in [5.74, 6) is -0.382. The van der Waals surface area contributed by atoms with E-state index in [9.17, 15) is 14.4 Å². The van der Waals surface area contributed by atoms with E-state index >= 15 is 0 Å². The second-order valence-corrected chi connectivity index (χ2v) is 7.71. The number of para-hydroxylation sites is 1. The fourth-order valence-electron chi connectivity index (χ4n) is 3.70. The largest absolute Gasteiger partial charge is 0.352 e. The minimum absolute atomic E-state index is 0.100. The van der Waals surface area contributed by atoms with Crippen LogP contribution in [-0.2, 0) is 17.8 Å². The molecule has 1 N–H and O–H groups in total. The van der Waals surface area contributed by atoms with Gasteiger partial charge in [0.25, 0.3) is 5.56 Å². The number of aryl methyl sites for hydroxylation is 1. The van der Waals surface area contributed by atoms with Crippen LogP contribution in [0.25, 0.3) is 16.7 Å². The zero-order valence-electron chi connectivity index (χ0n) is 17.8. The van der Waals surface area contributed by atoms with Gasteiger partial charge < -0.3 is 5.32 Å². The minimum Gasteiger partial charge on any atom is -0.352 e. The maximum atomic E-state index is 13.2. The number of carbonyl (C=O) groups excluding carboxylic acids is 1. The lowest BCUT2D eigenvalue weighted by Gasteiger charge is -2.16. The van der Waals surface area contributed by atoms with E-state index in [1.165, 1.54) is 16.3 Å². The average Bonchev–Trinajstić information content (AvgIpc) is 2.82. The molecule has 1 amide bonds. The molecule has 4 aromatic rings. The number of hydrogen-bond acceptors (Lipinski definition) is 4. The highest BCUT2D eigenvalue weighted by molar-refractivity contribution is 5.78. The summed E-state index contributed by atoms with van der Waals surface area (Å²) in [7, 11) is 0. The summed E-state index contributed by atoms with van der Waals surface area (Å²) in [6.45, 7) is 1.56. The van der Waals surface area contributed by atoms with Gasteiger partial charge in [-0.2, -0.15) is 0 Å². The van der Waals surface area contributed by atoms with Gasteiger partial charge in [0.1, 0.15) is 6.54 Å². The maximum absolute atomic E-state index is 13.2. The van der Waals surface area contributed by atoms with Crippen LogP contribution in [0.15, 0.2) is 88.6 Å². The normalized spacial score (nSPS) is 11.9. The Labute approximate surface area is 185 Å². The highest BCUT2D eigenvalue weighted by Gasteiger charge is 2.18. The van der Waals surface area contributed by atoms with Crippen molar-refractivity contribution in [2.24, 2.45) is 0 Å². The van der Waals surface area contributed by atoms with Crippen molar-refractivity contribution in [1.29, 1.82) is 0 Å². The molecule has 7 nitrogen and oxygen atoms in total. The third-order valence-electron chi connectivity index (χ3n) is 5.33.